The minimum absolute atomic E-state index is 0.217. The monoisotopic (exact) mass is 442 g/mol. The van der Waals surface area contributed by atoms with E-state index in [0.29, 0.717) is 33.8 Å². The summed E-state index contributed by atoms with van der Waals surface area (Å²) in [5.41, 5.74) is 3.63. The summed E-state index contributed by atoms with van der Waals surface area (Å²) >= 11 is 6.12. The zero-order chi connectivity index (χ0) is 22.1. The molecule has 5 rings (SSSR count). The molecule has 1 unspecified atom stereocenters. The third kappa shape index (κ3) is 3.74. The van der Waals surface area contributed by atoms with Crippen molar-refractivity contribution in [2.75, 3.05) is 10.6 Å². The van der Waals surface area contributed by atoms with Gasteiger partial charge in [-0.05, 0) is 48.9 Å². The van der Waals surface area contributed by atoms with Gasteiger partial charge < -0.3 is 10.6 Å². The molecule has 158 valence electrons. The molecule has 2 aromatic heterocycles. The highest BCUT2D eigenvalue weighted by Gasteiger charge is 2.34. The number of fused-ring (bicyclic) bond motifs is 1. The van der Waals surface area contributed by atoms with Crippen LogP contribution in [-0.2, 0) is 4.79 Å². The molecule has 2 aromatic carbocycles. The number of hydrogen-bond acceptors (Lipinski definition) is 5. The molecular weight excluding hydrogens is 424 g/mol. The number of para-hydroxylation sites is 1. The summed E-state index contributed by atoms with van der Waals surface area (Å²) in [6.45, 7) is 1.87. The van der Waals surface area contributed by atoms with E-state index in [1.165, 1.54) is 0 Å². The van der Waals surface area contributed by atoms with Crippen molar-refractivity contribution < 1.29 is 4.79 Å². The standard InChI is InChI=1S/C24H19ClN6O/c1-15-20(23(32)28-19-7-3-2-4-8-19)21(16-9-11-18(25)12-10-16)31-24(27-15)29-22(30-31)17-6-5-13-26-14-17/h2-14,21H,1H3,(H,28,32)(H,27,29,30). The number of hydrogen-bond donors (Lipinski definition) is 2. The van der Waals surface area contributed by atoms with Crippen LogP contribution >= 0.6 is 11.6 Å². The van der Waals surface area contributed by atoms with Crippen molar-refractivity contribution in [2.24, 2.45) is 0 Å². The second kappa shape index (κ2) is 8.28. The van der Waals surface area contributed by atoms with Crippen LogP contribution in [-0.4, -0.2) is 25.7 Å². The topological polar surface area (TPSA) is 84.7 Å². The van der Waals surface area contributed by atoms with E-state index in [2.05, 4.69) is 20.6 Å². The summed E-state index contributed by atoms with van der Waals surface area (Å²) in [6.07, 6.45) is 3.41. The van der Waals surface area contributed by atoms with Crippen LogP contribution in [0.4, 0.5) is 11.6 Å². The van der Waals surface area contributed by atoms with Crippen LogP contribution in [0.1, 0.15) is 18.5 Å². The summed E-state index contributed by atoms with van der Waals surface area (Å²) in [5.74, 6) is 0.861. The number of halogens is 1. The van der Waals surface area contributed by atoms with E-state index >= 15 is 0 Å². The minimum atomic E-state index is -0.481. The predicted octanol–water partition coefficient (Wildman–Crippen LogP) is 4.92. The molecule has 0 aliphatic carbocycles. The summed E-state index contributed by atoms with van der Waals surface area (Å²) in [6, 6.07) is 20.0. The number of anilines is 2. The molecule has 8 heteroatoms. The molecule has 0 bridgehead atoms. The lowest BCUT2D eigenvalue weighted by Crippen LogP contribution is -2.31. The van der Waals surface area contributed by atoms with Gasteiger partial charge in [0.25, 0.3) is 5.91 Å². The summed E-state index contributed by atoms with van der Waals surface area (Å²) in [7, 11) is 0. The van der Waals surface area contributed by atoms with Crippen molar-refractivity contribution in [3.63, 3.8) is 0 Å². The molecular formula is C24H19ClN6O. The molecule has 0 fully saturated rings. The van der Waals surface area contributed by atoms with Gasteiger partial charge in [0, 0.05) is 34.4 Å². The molecule has 4 aromatic rings. The SMILES string of the molecule is CC1=C(C(=O)Nc2ccccc2)C(c2ccc(Cl)cc2)n2nc(-c3cccnc3)nc2N1. The van der Waals surface area contributed by atoms with Gasteiger partial charge in [0.15, 0.2) is 5.82 Å². The first-order valence-electron chi connectivity index (χ1n) is 10.1. The third-order valence-electron chi connectivity index (χ3n) is 5.23. The molecule has 7 nitrogen and oxygen atoms in total. The van der Waals surface area contributed by atoms with Crippen molar-refractivity contribution in [3.8, 4) is 11.4 Å². The maximum Gasteiger partial charge on any atom is 0.255 e. The van der Waals surface area contributed by atoms with Crippen molar-refractivity contribution >= 4 is 29.1 Å². The van der Waals surface area contributed by atoms with Gasteiger partial charge >= 0.3 is 0 Å². The van der Waals surface area contributed by atoms with Gasteiger partial charge in [0.05, 0.1) is 5.57 Å². The van der Waals surface area contributed by atoms with Crippen LogP contribution in [0.2, 0.25) is 5.02 Å². The second-order valence-corrected chi connectivity index (χ2v) is 7.82. The number of nitrogens with zero attached hydrogens (tertiary/aromatic N) is 4. The molecule has 32 heavy (non-hydrogen) atoms. The van der Waals surface area contributed by atoms with Gasteiger partial charge in [-0.3, -0.25) is 9.78 Å². The van der Waals surface area contributed by atoms with Gasteiger partial charge in [-0.2, -0.15) is 4.98 Å². The number of rotatable bonds is 4. The number of benzene rings is 2. The fraction of sp³-hybridized carbons (Fsp3) is 0.0833. The van der Waals surface area contributed by atoms with Crippen LogP contribution < -0.4 is 10.6 Å². The van der Waals surface area contributed by atoms with Gasteiger partial charge in [0.1, 0.15) is 6.04 Å². The number of carbonyl (C=O) groups is 1. The van der Waals surface area contributed by atoms with E-state index in [4.69, 9.17) is 16.7 Å². The number of nitrogens with one attached hydrogen (secondary N) is 2. The maximum atomic E-state index is 13.4. The Morgan fingerprint density at radius 2 is 1.84 bits per heavy atom. The first-order valence-corrected chi connectivity index (χ1v) is 10.4. The molecule has 0 spiro atoms. The predicted molar refractivity (Wildman–Crippen MR) is 124 cm³/mol. The highest BCUT2D eigenvalue weighted by atomic mass is 35.5. The van der Waals surface area contributed by atoms with Crippen molar-refractivity contribution in [1.82, 2.24) is 19.7 Å². The molecule has 0 saturated carbocycles. The van der Waals surface area contributed by atoms with Crippen LogP contribution in [0.15, 0.2) is 90.4 Å². The molecule has 1 aliphatic heterocycles. The number of carbonyl (C=O) groups excluding carboxylic acids is 1. The van der Waals surface area contributed by atoms with Gasteiger partial charge in [0.2, 0.25) is 5.95 Å². The molecule has 1 aliphatic rings. The fourth-order valence-corrected chi connectivity index (χ4v) is 3.86. The zero-order valence-electron chi connectivity index (χ0n) is 17.2. The molecule has 2 N–H and O–H groups in total. The Balaban J connectivity index is 1.60. The molecule has 3 heterocycles. The quantitative estimate of drug-likeness (QED) is 0.468. The average molecular weight is 443 g/mol. The Bertz CT molecular complexity index is 1300. The lowest BCUT2D eigenvalue weighted by atomic mass is 9.95. The smallest absolute Gasteiger partial charge is 0.255 e. The van der Waals surface area contributed by atoms with E-state index in [-0.39, 0.29) is 5.91 Å². The molecule has 0 saturated heterocycles. The molecule has 1 atom stereocenters. The van der Waals surface area contributed by atoms with Crippen LogP contribution in [0.25, 0.3) is 11.4 Å². The van der Waals surface area contributed by atoms with Crippen LogP contribution in [0.3, 0.4) is 0 Å². The van der Waals surface area contributed by atoms with Gasteiger partial charge in [-0.15, -0.1) is 5.10 Å². The van der Waals surface area contributed by atoms with Crippen LogP contribution in [0, 0.1) is 0 Å². The highest BCUT2D eigenvalue weighted by Crippen LogP contribution is 2.37. The first-order chi connectivity index (χ1) is 15.6. The van der Waals surface area contributed by atoms with E-state index in [1.807, 2.05) is 61.5 Å². The second-order valence-electron chi connectivity index (χ2n) is 7.38. The number of allylic oxidation sites excluding steroid dienone is 1. The van der Waals surface area contributed by atoms with Crippen molar-refractivity contribution in [2.45, 2.75) is 13.0 Å². The Hall–Kier alpha value is -3.97. The molecule has 0 radical (unpaired) electrons. The Labute approximate surface area is 189 Å². The van der Waals surface area contributed by atoms with E-state index < -0.39 is 6.04 Å². The van der Waals surface area contributed by atoms with Crippen molar-refractivity contribution in [1.29, 1.82) is 0 Å². The third-order valence-corrected chi connectivity index (χ3v) is 5.49. The lowest BCUT2D eigenvalue weighted by Gasteiger charge is -2.28. The maximum absolute atomic E-state index is 13.4. The fourth-order valence-electron chi connectivity index (χ4n) is 3.74. The minimum Gasteiger partial charge on any atom is -0.328 e. The lowest BCUT2D eigenvalue weighted by molar-refractivity contribution is -0.113. The Kier molecular flexibility index (Phi) is 5.17. The largest absolute Gasteiger partial charge is 0.328 e. The van der Waals surface area contributed by atoms with E-state index in [9.17, 15) is 4.79 Å². The average Bonchev–Trinajstić information content (AvgIpc) is 3.23. The summed E-state index contributed by atoms with van der Waals surface area (Å²) < 4.78 is 1.73. The van der Waals surface area contributed by atoms with E-state index in [0.717, 1.165) is 11.1 Å². The number of amides is 1. The van der Waals surface area contributed by atoms with Gasteiger partial charge in [-0.1, -0.05) is 41.9 Å². The first kappa shape index (κ1) is 20.0. The zero-order valence-corrected chi connectivity index (χ0v) is 17.9. The normalized spacial score (nSPS) is 15.1. The Morgan fingerprint density at radius 1 is 1.06 bits per heavy atom. The van der Waals surface area contributed by atoms with Gasteiger partial charge in [-0.25, -0.2) is 4.68 Å². The molecule has 1 amide bonds. The summed E-state index contributed by atoms with van der Waals surface area (Å²) in [4.78, 5) is 22.2. The summed E-state index contributed by atoms with van der Waals surface area (Å²) in [5, 5.41) is 11.6. The number of aromatic nitrogens is 4. The number of pyridine rings is 1. The highest BCUT2D eigenvalue weighted by molar-refractivity contribution is 6.30. The Morgan fingerprint density at radius 3 is 2.56 bits per heavy atom. The van der Waals surface area contributed by atoms with Crippen LogP contribution in [0.5, 0.6) is 0 Å². The van der Waals surface area contributed by atoms with Crippen molar-refractivity contribution in [3.05, 3.63) is 101 Å². The van der Waals surface area contributed by atoms with E-state index in [1.54, 1.807) is 29.2 Å².